The van der Waals surface area contributed by atoms with Gasteiger partial charge in [0.1, 0.15) is 18.6 Å². The molecule has 148 valence electrons. The molecular formula is C18H24F2N4O3. The van der Waals surface area contributed by atoms with E-state index in [1.54, 1.807) is 12.1 Å². The number of nitrogens with zero attached hydrogens (tertiary/aromatic N) is 3. The number of benzene rings is 1. The Balaban J connectivity index is 1.60. The Bertz CT molecular complexity index is 712. The van der Waals surface area contributed by atoms with Crippen LogP contribution in [0, 0.1) is 5.82 Å². The van der Waals surface area contributed by atoms with Gasteiger partial charge in [0.25, 0.3) is 0 Å². The van der Waals surface area contributed by atoms with Gasteiger partial charge in [-0.1, -0.05) is 0 Å². The number of carbonyl (C=O) groups is 2. The lowest BCUT2D eigenvalue weighted by Gasteiger charge is -2.45. The molecule has 0 radical (unpaired) electrons. The number of anilines is 2. The zero-order valence-corrected chi connectivity index (χ0v) is 15.5. The summed E-state index contributed by atoms with van der Waals surface area (Å²) >= 11 is 0. The van der Waals surface area contributed by atoms with Crippen molar-refractivity contribution in [2.75, 3.05) is 56.2 Å². The highest BCUT2D eigenvalue weighted by Gasteiger charge is 2.34. The molecule has 27 heavy (non-hydrogen) atoms. The second-order valence-electron chi connectivity index (χ2n) is 6.92. The van der Waals surface area contributed by atoms with Crippen molar-refractivity contribution in [2.24, 2.45) is 0 Å². The van der Waals surface area contributed by atoms with Crippen LogP contribution in [0.15, 0.2) is 18.2 Å². The van der Waals surface area contributed by atoms with Gasteiger partial charge in [0.2, 0.25) is 5.91 Å². The van der Waals surface area contributed by atoms with Gasteiger partial charge in [-0.2, -0.15) is 0 Å². The Morgan fingerprint density at radius 3 is 2.74 bits per heavy atom. The number of likely N-dealkylation sites (N-methyl/N-ethyl adjacent to an activating group) is 1. The number of alkyl halides is 1. The van der Waals surface area contributed by atoms with Crippen LogP contribution in [-0.2, 0) is 9.53 Å². The van der Waals surface area contributed by atoms with Crippen LogP contribution < -0.4 is 15.1 Å². The molecule has 0 unspecified atom stereocenters. The molecule has 1 atom stereocenters. The predicted octanol–water partition coefficient (Wildman–Crippen LogP) is 1.38. The summed E-state index contributed by atoms with van der Waals surface area (Å²) in [4.78, 5) is 28.2. The average Bonchev–Trinajstić information content (AvgIpc) is 2.94. The Hall–Kier alpha value is -2.42. The van der Waals surface area contributed by atoms with E-state index in [1.807, 2.05) is 16.8 Å². The maximum absolute atomic E-state index is 14.6. The average molecular weight is 382 g/mol. The molecule has 0 saturated carbocycles. The minimum absolute atomic E-state index is 0.204. The van der Waals surface area contributed by atoms with E-state index in [9.17, 15) is 18.4 Å². The van der Waals surface area contributed by atoms with Crippen LogP contribution in [0.4, 0.5) is 25.0 Å². The molecule has 7 nitrogen and oxygen atoms in total. The van der Waals surface area contributed by atoms with Crippen molar-refractivity contribution >= 4 is 23.4 Å². The predicted molar refractivity (Wildman–Crippen MR) is 97.3 cm³/mol. The molecule has 1 aromatic carbocycles. The first-order valence-corrected chi connectivity index (χ1v) is 8.92. The fourth-order valence-electron chi connectivity index (χ4n) is 3.26. The number of cyclic esters (lactones) is 1. The summed E-state index contributed by atoms with van der Waals surface area (Å²) < 4.78 is 32.2. The number of nitrogens with one attached hydrogen (secondary N) is 1. The molecule has 2 saturated heterocycles. The number of hydrogen-bond donors (Lipinski definition) is 1. The molecule has 1 N–H and O–H groups in total. The summed E-state index contributed by atoms with van der Waals surface area (Å²) in [6, 6.07) is 4.85. The number of ether oxygens (including phenoxy) is 1. The van der Waals surface area contributed by atoms with Crippen molar-refractivity contribution < 1.29 is 23.1 Å². The second-order valence-corrected chi connectivity index (χ2v) is 6.92. The molecule has 1 aromatic rings. The molecule has 0 aromatic heterocycles. The fourth-order valence-corrected chi connectivity index (χ4v) is 3.26. The zero-order chi connectivity index (χ0) is 19.6. The summed E-state index contributed by atoms with van der Waals surface area (Å²) in [5.74, 6) is -0.623. The minimum Gasteiger partial charge on any atom is -0.442 e. The Morgan fingerprint density at radius 2 is 2.11 bits per heavy atom. The van der Waals surface area contributed by atoms with Crippen LogP contribution >= 0.6 is 0 Å². The summed E-state index contributed by atoms with van der Waals surface area (Å²) in [7, 11) is 1.86. The van der Waals surface area contributed by atoms with E-state index in [0.717, 1.165) is 0 Å². The van der Waals surface area contributed by atoms with Gasteiger partial charge in [-0.25, -0.2) is 13.6 Å². The van der Waals surface area contributed by atoms with Crippen LogP contribution in [0.5, 0.6) is 0 Å². The molecule has 2 amide bonds. The summed E-state index contributed by atoms with van der Waals surface area (Å²) in [5, 5.41) is 2.60. The molecular weight excluding hydrogens is 358 g/mol. The van der Waals surface area contributed by atoms with Crippen molar-refractivity contribution in [1.29, 1.82) is 0 Å². The third-order valence-corrected chi connectivity index (χ3v) is 4.96. The Kier molecular flexibility index (Phi) is 5.79. The third kappa shape index (κ3) is 4.29. The van der Waals surface area contributed by atoms with Crippen molar-refractivity contribution in [2.45, 2.75) is 19.1 Å². The summed E-state index contributed by atoms with van der Waals surface area (Å²) in [5.41, 5.74) is 0.879. The first-order chi connectivity index (χ1) is 12.9. The largest absolute Gasteiger partial charge is 0.442 e. The van der Waals surface area contributed by atoms with Crippen molar-refractivity contribution in [3.63, 3.8) is 0 Å². The topological polar surface area (TPSA) is 65.1 Å². The number of rotatable bonds is 7. The zero-order valence-electron chi connectivity index (χ0n) is 15.5. The van der Waals surface area contributed by atoms with E-state index >= 15 is 0 Å². The maximum atomic E-state index is 14.6. The molecule has 0 bridgehead atoms. The third-order valence-electron chi connectivity index (χ3n) is 4.96. The Morgan fingerprint density at radius 1 is 1.37 bits per heavy atom. The molecule has 2 aliphatic rings. The lowest BCUT2D eigenvalue weighted by Crippen LogP contribution is -2.59. The molecule has 2 aliphatic heterocycles. The number of carbonyl (C=O) groups excluding carboxylic acids is 2. The fraction of sp³-hybridized carbons (Fsp3) is 0.556. The SMILES string of the molecule is CC(=O)NC[C@H]1CN(c2ccc(N3CC(N(C)CCF)C3)c(F)c2)C(=O)O1. The van der Waals surface area contributed by atoms with Crippen LogP contribution in [0.1, 0.15) is 6.92 Å². The van der Waals surface area contributed by atoms with Gasteiger partial charge < -0.3 is 15.0 Å². The monoisotopic (exact) mass is 382 g/mol. The quantitative estimate of drug-likeness (QED) is 0.772. The molecule has 0 spiro atoms. The first kappa shape index (κ1) is 19.3. The number of amides is 2. The lowest BCUT2D eigenvalue weighted by molar-refractivity contribution is -0.119. The number of hydrogen-bond acceptors (Lipinski definition) is 5. The van der Waals surface area contributed by atoms with Gasteiger partial charge in [0, 0.05) is 32.6 Å². The first-order valence-electron chi connectivity index (χ1n) is 8.92. The van der Waals surface area contributed by atoms with Gasteiger partial charge in [-0.15, -0.1) is 0 Å². The van der Waals surface area contributed by atoms with E-state index in [2.05, 4.69) is 5.32 Å². The van der Waals surface area contributed by atoms with Gasteiger partial charge >= 0.3 is 6.09 Å². The van der Waals surface area contributed by atoms with Gasteiger partial charge in [0.15, 0.2) is 0 Å². The normalized spacial score (nSPS) is 20.0. The van der Waals surface area contributed by atoms with E-state index in [1.165, 1.54) is 17.9 Å². The molecule has 2 heterocycles. The second kappa shape index (κ2) is 8.08. The molecule has 9 heteroatoms. The summed E-state index contributed by atoms with van der Waals surface area (Å²) in [6.45, 7) is 3.10. The molecule has 3 rings (SSSR count). The molecule has 2 fully saturated rings. The van der Waals surface area contributed by atoms with Crippen LogP contribution in [-0.4, -0.2) is 75.5 Å². The van der Waals surface area contributed by atoms with E-state index in [-0.39, 0.29) is 25.0 Å². The highest BCUT2D eigenvalue weighted by atomic mass is 19.1. The van der Waals surface area contributed by atoms with Crippen LogP contribution in [0.3, 0.4) is 0 Å². The van der Waals surface area contributed by atoms with E-state index in [4.69, 9.17) is 4.74 Å². The Labute approximate surface area is 156 Å². The van der Waals surface area contributed by atoms with Gasteiger partial charge in [-0.05, 0) is 25.2 Å². The highest BCUT2D eigenvalue weighted by molar-refractivity contribution is 5.90. The number of halogens is 2. The van der Waals surface area contributed by atoms with Crippen LogP contribution in [0.25, 0.3) is 0 Å². The van der Waals surface area contributed by atoms with E-state index in [0.29, 0.717) is 31.0 Å². The van der Waals surface area contributed by atoms with Crippen molar-refractivity contribution in [3.05, 3.63) is 24.0 Å². The maximum Gasteiger partial charge on any atom is 0.414 e. The molecule has 0 aliphatic carbocycles. The van der Waals surface area contributed by atoms with Crippen molar-refractivity contribution in [3.8, 4) is 0 Å². The lowest BCUT2D eigenvalue weighted by atomic mass is 10.1. The smallest absolute Gasteiger partial charge is 0.414 e. The highest BCUT2D eigenvalue weighted by Crippen LogP contribution is 2.30. The standard InChI is InChI=1S/C18H24F2N4O3/c1-12(25)21-8-15-11-24(18(26)27-15)13-3-4-17(16(20)7-13)23-9-14(10-23)22(2)6-5-19/h3-4,7,14-15H,5-6,8-11H2,1-2H3,(H,21,25)/t15-/m0/s1. The van der Waals surface area contributed by atoms with Crippen molar-refractivity contribution in [1.82, 2.24) is 10.2 Å². The van der Waals surface area contributed by atoms with Gasteiger partial charge in [-0.3, -0.25) is 14.6 Å². The van der Waals surface area contributed by atoms with Crippen LogP contribution in [0.2, 0.25) is 0 Å². The van der Waals surface area contributed by atoms with E-state index < -0.39 is 24.7 Å². The van der Waals surface area contributed by atoms with Gasteiger partial charge in [0.05, 0.1) is 24.5 Å². The minimum atomic E-state index is -0.561. The summed E-state index contributed by atoms with van der Waals surface area (Å²) in [6.07, 6.45) is -1.03.